The van der Waals surface area contributed by atoms with Crippen molar-refractivity contribution in [3.63, 3.8) is 0 Å². The highest BCUT2D eigenvalue weighted by molar-refractivity contribution is 6.48. The third kappa shape index (κ3) is 7.69. The van der Waals surface area contributed by atoms with Crippen LogP contribution in [0.1, 0.15) is 87.5 Å². The number of ether oxygens (including phenoxy) is 1. The predicted molar refractivity (Wildman–Crippen MR) is 106 cm³/mol. The first-order valence-electron chi connectivity index (χ1n) is 9.64. The average Bonchev–Trinajstić information content (AvgIpc) is 2.34. The van der Waals surface area contributed by atoms with Crippen LogP contribution in [0.2, 0.25) is 13.1 Å². The minimum atomic E-state index is -1.05. The third-order valence-corrected chi connectivity index (χ3v) is 5.67. The van der Waals surface area contributed by atoms with Gasteiger partial charge in [0, 0.05) is 6.10 Å². The molecule has 0 radical (unpaired) electrons. The molecule has 0 fully saturated rings. The van der Waals surface area contributed by atoms with Crippen molar-refractivity contribution in [3.05, 3.63) is 0 Å². The van der Waals surface area contributed by atoms with Crippen LogP contribution in [0.4, 0.5) is 0 Å². The Hall–Kier alpha value is -0.353. The molecular formula is C20H42O3Si. The molecule has 144 valence electrons. The van der Waals surface area contributed by atoms with Crippen molar-refractivity contribution in [3.8, 4) is 0 Å². The van der Waals surface area contributed by atoms with E-state index >= 15 is 0 Å². The van der Waals surface area contributed by atoms with Crippen molar-refractivity contribution in [2.75, 3.05) is 0 Å². The molecule has 24 heavy (non-hydrogen) atoms. The van der Waals surface area contributed by atoms with Crippen LogP contribution in [-0.4, -0.2) is 26.7 Å². The molecule has 0 saturated heterocycles. The van der Waals surface area contributed by atoms with E-state index in [0.29, 0.717) is 0 Å². The standard InChI is InChI=1S/C20H42O3Si/c1-11-12-14-20(18(3,4)5,17(21)22-19(6,7)8)15-13-16(2)23-24(9)10/h16,24H,11-15H2,1-10H3/t16-,20?/m0/s1. The van der Waals surface area contributed by atoms with Gasteiger partial charge in [-0.2, -0.15) is 0 Å². The number of hydrogen-bond donors (Lipinski definition) is 0. The maximum atomic E-state index is 13.2. The summed E-state index contributed by atoms with van der Waals surface area (Å²) in [6.45, 7) is 21.1. The van der Waals surface area contributed by atoms with Gasteiger partial charge in [0.2, 0.25) is 0 Å². The zero-order valence-corrected chi connectivity index (χ0v) is 19.1. The molecule has 0 spiro atoms. The molecule has 0 heterocycles. The third-order valence-electron chi connectivity index (χ3n) is 4.66. The van der Waals surface area contributed by atoms with E-state index in [9.17, 15) is 4.79 Å². The van der Waals surface area contributed by atoms with Gasteiger partial charge >= 0.3 is 5.97 Å². The monoisotopic (exact) mass is 358 g/mol. The van der Waals surface area contributed by atoms with Gasteiger partial charge in [0.25, 0.3) is 0 Å². The fourth-order valence-corrected chi connectivity index (χ4v) is 4.29. The number of unbranched alkanes of at least 4 members (excludes halogenated alkanes) is 1. The highest BCUT2D eigenvalue weighted by atomic mass is 28.3. The molecule has 0 saturated carbocycles. The Bertz CT molecular complexity index is 379. The normalized spacial score (nSPS) is 16.8. The Morgan fingerprint density at radius 3 is 1.96 bits per heavy atom. The molecule has 0 aromatic rings. The number of hydrogen-bond acceptors (Lipinski definition) is 3. The Morgan fingerprint density at radius 1 is 1.04 bits per heavy atom. The lowest BCUT2D eigenvalue weighted by Gasteiger charge is -2.44. The van der Waals surface area contributed by atoms with Crippen LogP contribution in [0.15, 0.2) is 0 Å². The summed E-state index contributed by atoms with van der Waals surface area (Å²) in [6, 6.07) is 0. The maximum absolute atomic E-state index is 13.2. The van der Waals surface area contributed by atoms with E-state index in [4.69, 9.17) is 9.16 Å². The van der Waals surface area contributed by atoms with E-state index in [-0.39, 0.29) is 17.5 Å². The van der Waals surface area contributed by atoms with Crippen molar-refractivity contribution in [2.24, 2.45) is 10.8 Å². The molecule has 4 heteroatoms. The molecule has 1 unspecified atom stereocenters. The number of carbonyl (C=O) groups is 1. The van der Waals surface area contributed by atoms with Crippen molar-refractivity contribution in [1.29, 1.82) is 0 Å². The minimum Gasteiger partial charge on any atom is -0.460 e. The highest BCUT2D eigenvalue weighted by Crippen LogP contribution is 2.48. The lowest BCUT2D eigenvalue weighted by molar-refractivity contribution is -0.177. The molecule has 0 aromatic carbocycles. The molecular weight excluding hydrogens is 316 g/mol. The molecule has 0 bridgehead atoms. The molecule has 2 atom stereocenters. The van der Waals surface area contributed by atoms with Crippen molar-refractivity contribution < 1.29 is 14.0 Å². The van der Waals surface area contributed by atoms with Crippen LogP contribution in [-0.2, 0) is 14.0 Å². The van der Waals surface area contributed by atoms with Gasteiger partial charge in [0.1, 0.15) is 5.60 Å². The first-order valence-corrected chi connectivity index (χ1v) is 12.4. The van der Waals surface area contributed by atoms with Gasteiger partial charge in [-0.3, -0.25) is 4.79 Å². The molecule has 3 nitrogen and oxygen atoms in total. The minimum absolute atomic E-state index is 0.0371. The molecule has 0 rings (SSSR count). The van der Waals surface area contributed by atoms with E-state index < -0.39 is 20.1 Å². The summed E-state index contributed by atoms with van der Waals surface area (Å²) in [7, 11) is -1.05. The van der Waals surface area contributed by atoms with Gasteiger partial charge < -0.3 is 9.16 Å². The van der Waals surface area contributed by atoms with Crippen LogP contribution >= 0.6 is 0 Å². The van der Waals surface area contributed by atoms with Crippen LogP contribution in [0, 0.1) is 10.8 Å². The fourth-order valence-electron chi connectivity index (χ4n) is 3.22. The Labute approximate surface area is 152 Å². The predicted octanol–water partition coefficient (Wildman–Crippen LogP) is 5.72. The smallest absolute Gasteiger partial charge is 0.313 e. The summed E-state index contributed by atoms with van der Waals surface area (Å²) in [4.78, 5) is 13.2. The van der Waals surface area contributed by atoms with Crippen LogP contribution < -0.4 is 0 Å². The first-order chi connectivity index (χ1) is 10.7. The topological polar surface area (TPSA) is 35.5 Å². The Balaban J connectivity index is 5.47. The summed E-state index contributed by atoms with van der Waals surface area (Å²) in [5.41, 5.74) is -1.04. The van der Waals surface area contributed by atoms with Gasteiger partial charge in [-0.25, -0.2) is 0 Å². The second-order valence-corrected chi connectivity index (χ2v) is 11.8. The first kappa shape index (κ1) is 23.6. The van der Waals surface area contributed by atoms with Gasteiger partial charge in [-0.15, -0.1) is 0 Å². The summed E-state index contributed by atoms with van der Waals surface area (Å²) in [5.74, 6) is -0.0371. The van der Waals surface area contributed by atoms with E-state index in [0.717, 1.165) is 32.1 Å². The lowest BCUT2D eigenvalue weighted by atomic mass is 9.61. The summed E-state index contributed by atoms with van der Waals surface area (Å²) in [6.07, 6.45) is 4.96. The van der Waals surface area contributed by atoms with Crippen LogP contribution in [0.5, 0.6) is 0 Å². The van der Waals surface area contributed by atoms with Crippen LogP contribution in [0.3, 0.4) is 0 Å². The fraction of sp³-hybridized carbons (Fsp3) is 0.950. The molecule has 0 aliphatic rings. The number of esters is 1. The lowest BCUT2D eigenvalue weighted by Crippen LogP contribution is -2.47. The van der Waals surface area contributed by atoms with Gasteiger partial charge in [0.15, 0.2) is 9.04 Å². The summed E-state index contributed by atoms with van der Waals surface area (Å²) in [5, 5.41) is 0. The summed E-state index contributed by atoms with van der Waals surface area (Å²) >= 11 is 0. The van der Waals surface area contributed by atoms with E-state index in [1.165, 1.54) is 0 Å². The average molecular weight is 359 g/mol. The second kappa shape index (κ2) is 9.37. The van der Waals surface area contributed by atoms with Crippen molar-refractivity contribution in [1.82, 2.24) is 0 Å². The van der Waals surface area contributed by atoms with Crippen molar-refractivity contribution >= 4 is 15.0 Å². The molecule has 0 aliphatic heterocycles. The zero-order valence-electron chi connectivity index (χ0n) is 17.9. The molecule has 0 aliphatic carbocycles. The number of carbonyl (C=O) groups excluding carboxylic acids is 1. The quantitative estimate of drug-likeness (QED) is 0.390. The van der Waals surface area contributed by atoms with Crippen LogP contribution in [0.25, 0.3) is 0 Å². The van der Waals surface area contributed by atoms with Gasteiger partial charge in [-0.05, 0) is 65.5 Å². The van der Waals surface area contributed by atoms with E-state index in [1.807, 2.05) is 20.8 Å². The Morgan fingerprint density at radius 2 is 1.58 bits per heavy atom. The largest absolute Gasteiger partial charge is 0.460 e. The second-order valence-electron chi connectivity index (χ2n) is 9.47. The SMILES string of the molecule is CCCCC(CC[C@H](C)O[SiH](C)C)(C(=O)OC(C)(C)C)C(C)(C)C. The molecule has 0 amide bonds. The van der Waals surface area contributed by atoms with E-state index in [2.05, 4.69) is 47.7 Å². The molecule has 0 N–H and O–H groups in total. The maximum Gasteiger partial charge on any atom is 0.313 e. The summed E-state index contributed by atoms with van der Waals surface area (Å²) < 4.78 is 11.9. The van der Waals surface area contributed by atoms with E-state index in [1.54, 1.807) is 0 Å². The highest BCUT2D eigenvalue weighted by Gasteiger charge is 2.49. The number of rotatable bonds is 9. The molecule has 0 aromatic heterocycles. The zero-order chi connectivity index (χ0) is 19.2. The Kier molecular flexibility index (Phi) is 9.24. The van der Waals surface area contributed by atoms with Crippen molar-refractivity contribution in [2.45, 2.75) is 112 Å². The van der Waals surface area contributed by atoms with Gasteiger partial charge in [0.05, 0.1) is 5.41 Å². The van der Waals surface area contributed by atoms with Gasteiger partial charge in [-0.1, -0.05) is 40.5 Å².